The fraction of sp³-hybridized carbons (Fsp3) is 0.529. The lowest BCUT2D eigenvalue weighted by atomic mass is 9.88. The summed E-state index contributed by atoms with van der Waals surface area (Å²) in [7, 11) is 0. The maximum atomic E-state index is 12.1. The van der Waals surface area contributed by atoms with Crippen LogP contribution in [0.15, 0.2) is 30.3 Å². The molecule has 0 aromatic heterocycles. The van der Waals surface area contributed by atoms with Crippen molar-refractivity contribution in [3.05, 3.63) is 35.9 Å². The summed E-state index contributed by atoms with van der Waals surface area (Å²) in [5.74, 6) is -1.04. The Balaban J connectivity index is 1.86. The molecular weight excluding hydrogens is 266 g/mol. The van der Waals surface area contributed by atoms with Crippen molar-refractivity contribution < 1.29 is 14.7 Å². The Kier molecular flexibility index (Phi) is 5.78. The van der Waals surface area contributed by atoms with E-state index in [2.05, 4.69) is 5.32 Å². The highest BCUT2D eigenvalue weighted by atomic mass is 16.4. The first-order chi connectivity index (χ1) is 10.2. The lowest BCUT2D eigenvalue weighted by molar-refractivity contribution is -0.142. The number of carboxylic acid groups (broad SMARTS) is 1. The molecule has 2 N–H and O–H groups in total. The molecule has 1 aromatic carbocycles. The lowest BCUT2D eigenvalue weighted by Gasteiger charge is -2.23. The summed E-state index contributed by atoms with van der Waals surface area (Å²) < 4.78 is 0. The maximum Gasteiger partial charge on any atom is 0.326 e. The number of hydrogen-bond acceptors (Lipinski definition) is 2. The Hall–Kier alpha value is -1.84. The van der Waals surface area contributed by atoms with Gasteiger partial charge < -0.3 is 10.4 Å². The highest BCUT2D eigenvalue weighted by Gasteiger charge is 2.26. The van der Waals surface area contributed by atoms with Crippen molar-refractivity contribution in [1.82, 2.24) is 5.32 Å². The van der Waals surface area contributed by atoms with E-state index in [0.29, 0.717) is 12.8 Å². The molecule has 0 spiro atoms. The number of carbonyl (C=O) groups is 2. The number of aryl methyl sites for hydroxylation is 1. The second-order valence-corrected chi connectivity index (χ2v) is 5.76. The van der Waals surface area contributed by atoms with Gasteiger partial charge in [0, 0.05) is 5.92 Å². The summed E-state index contributed by atoms with van der Waals surface area (Å²) in [6, 6.07) is 8.96. The van der Waals surface area contributed by atoms with Crippen LogP contribution in [0.4, 0.5) is 0 Å². The SMILES string of the molecule is O=C(NC(CCc1ccccc1)C(=O)O)C1CCCCC1. The van der Waals surface area contributed by atoms with Crippen LogP contribution >= 0.6 is 0 Å². The van der Waals surface area contributed by atoms with Gasteiger partial charge in [0.05, 0.1) is 0 Å². The van der Waals surface area contributed by atoms with Gasteiger partial charge in [0.1, 0.15) is 6.04 Å². The van der Waals surface area contributed by atoms with E-state index in [4.69, 9.17) is 0 Å². The van der Waals surface area contributed by atoms with Gasteiger partial charge in [-0.05, 0) is 31.2 Å². The molecule has 1 unspecified atom stereocenters. The Morgan fingerprint density at radius 3 is 2.43 bits per heavy atom. The molecule has 1 saturated carbocycles. The van der Waals surface area contributed by atoms with Gasteiger partial charge in [0.15, 0.2) is 0 Å². The van der Waals surface area contributed by atoms with Gasteiger partial charge >= 0.3 is 5.97 Å². The number of carbonyl (C=O) groups excluding carboxylic acids is 1. The normalized spacial score (nSPS) is 17.1. The van der Waals surface area contributed by atoms with Crippen molar-refractivity contribution in [3.63, 3.8) is 0 Å². The van der Waals surface area contributed by atoms with Gasteiger partial charge in [-0.1, -0.05) is 49.6 Å². The summed E-state index contributed by atoms with van der Waals surface area (Å²) in [6.07, 6.45) is 6.17. The zero-order valence-corrected chi connectivity index (χ0v) is 12.3. The predicted octanol–water partition coefficient (Wildman–Crippen LogP) is 2.77. The first-order valence-corrected chi connectivity index (χ1v) is 7.74. The molecule has 0 radical (unpaired) electrons. The number of aliphatic carboxylic acids is 1. The fourth-order valence-electron chi connectivity index (χ4n) is 2.87. The van der Waals surface area contributed by atoms with Crippen LogP contribution in [0.25, 0.3) is 0 Å². The van der Waals surface area contributed by atoms with E-state index in [1.165, 1.54) is 6.42 Å². The molecule has 0 aliphatic heterocycles. The largest absolute Gasteiger partial charge is 0.480 e. The zero-order valence-electron chi connectivity index (χ0n) is 12.3. The van der Waals surface area contributed by atoms with E-state index in [-0.39, 0.29) is 11.8 Å². The standard InChI is InChI=1S/C17H23NO3/c19-16(14-9-5-2-6-10-14)18-15(17(20)21)12-11-13-7-3-1-4-8-13/h1,3-4,7-8,14-15H,2,5-6,9-12H2,(H,18,19)(H,20,21). The molecule has 2 rings (SSSR count). The van der Waals surface area contributed by atoms with E-state index in [1.54, 1.807) is 0 Å². The smallest absolute Gasteiger partial charge is 0.326 e. The Morgan fingerprint density at radius 1 is 1.14 bits per heavy atom. The Labute approximate surface area is 125 Å². The van der Waals surface area contributed by atoms with E-state index < -0.39 is 12.0 Å². The first kappa shape index (κ1) is 15.5. The van der Waals surface area contributed by atoms with Crippen LogP contribution in [-0.2, 0) is 16.0 Å². The van der Waals surface area contributed by atoms with Crippen LogP contribution in [0.1, 0.15) is 44.1 Å². The molecule has 1 aromatic rings. The molecule has 0 heterocycles. The summed E-state index contributed by atoms with van der Waals surface area (Å²) >= 11 is 0. The van der Waals surface area contributed by atoms with E-state index in [0.717, 1.165) is 31.2 Å². The molecule has 0 bridgehead atoms. The summed E-state index contributed by atoms with van der Waals surface area (Å²) in [4.78, 5) is 23.5. The van der Waals surface area contributed by atoms with Gasteiger partial charge in [-0.3, -0.25) is 4.79 Å². The van der Waals surface area contributed by atoms with Gasteiger partial charge in [-0.15, -0.1) is 0 Å². The molecule has 114 valence electrons. The van der Waals surface area contributed by atoms with Crippen molar-refractivity contribution in [3.8, 4) is 0 Å². The third-order valence-electron chi connectivity index (χ3n) is 4.16. The quantitative estimate of drug-likeness (QED) is 0.846. The molecule has 1 aliphatic carbocycles. The number of nitrogens with one attached hydrogen (secondary N) is 1. The molecule has 0 saturated heterocycles. The number of amides is 1. The van der Waals surface area contributed by atoms with Gasteiger partial charge in [0.25, 0.3) is 0 Å². The highest BCUT2D eigenvalue weighted by molar-refractivity contribution is 5.85. The van der Waals surface area contributed by atoms with Crippen LogP contribution in [0, 0.1) is 5.92 Å². The number of hydrogen-bond donors (Lipinski definition) is 2. The lowest BCUT2D eigenvalue weighted by Crippen LogP contribution is -2.44. The van der Waals surface area contributed by atoms with Crippen molar-refractivity contribution in [1.29, 1.82) is 0 Å². The third kappa shape index (κ3) is 4.88. The minimum Gasteiger partial charge on any atom is -0.480 e. The van der Waals surface area contributed by atoms with Crippen LogP contribution < -0.4 is 5.32 Å². The third-order valence-corrected chi connectivity index (χ3v) is 4.16. The number of carboxylic acids is 1. The fourth-order valence-corrected chi connectivity index (χ4v) is 2.87. The summed E-state index contributed by atoms with van der Waals surface area (Å²) in [5, 5.41) is 12.0. The van der Waals surface area contributed by atoms with E-state index in [1.807, 2.05) is 30.3 Å². The average molecular weight is 289 g/mol. The number of rotatable bonds is 6. The van der Waals surface area contributed by atoms with Crippen molar-refractivity contribution in [2.24, 2.45) is 5.92 Å². The predicted molar refractivity (Wildman–Crippen MR) is 80.9 cm³/mol. The molecule has 1 aliphatic rings. The number of benzene rings is 1. The topological polar surface area (TPSA) is 66.4 Å². The maximum absolute atomic E-state index is 12.1. The molecule has 1 amide bonds. The summed E-state index contributed by atoms with van der Waals surface area (Å²) in [5.41, 5.74) is 1.09. The second kappa shape index (κ2) is 7.81. The van der Waals surface area contributed by atoms with Gasteiger partial charge in [-0.25, -0.2) is 4.79 Å². The molecule has 1 atom stereocenters. The highest BCUT2D eigenvalue weighted by Crippen LogP contribution is 2.23. The van der Waals surface area contributed by atoms with E-state index in [9.17, 15) is 14.7 Å². The molecule has 21 heavy (non-hydrogen) atoms. The van der Waals surface area contributed by atoms with Crippen molar-refractivity contribution in [2.75, 3.05) is 0 Å². The molecule has 4 heteroatoms. The zero-order chi connectivity index (χ0) is 15.1. The summed E-state index contributed by atoms with van der Waals surface area (Å²) in [6.45, 7) is 0. The van der Waals surface area contributed by atoms with Gasteiger partial charge in [0.2, 0.25) is 5.91 Å². The second-order valence-electron chi connectivity index (χ2n) is 5.76. The average Bonchev–Trinajstić information content (AvgIpc) is 2.52. The van der Waals surface area contributed by atoms with Crippen molar-refractivity contribution >= 4 is 11.9 Å². The van der Waals surface area contributed by atoms with Crippen LogP contribution in [-0.4, -0.2) is 23.0 Å². The van der Waals surface area contributed by atoms with Crippen LogP contribution in [0.3, 0.4) is 0 Å². The van der Waals surface area contributed by atoms with Crippen LogP contribution in [0.5, 0.6) is 0 Å². The molecular formula is C17H23NO3. The first-order valence-electron chi connectivity index (χ1n) is 7.74. The van der Waals surface area contributed by atoms with Gasteiger partial charge in [-0.2, -0.15) is 0 Å². The molecule has 1 fully saturated rings. The van der Waals surface area contributed by atoms with Crippen molar-refractivity contribution in [2.45, 2.75) is 51.0 Å². The Morgan fingerprint density at radius 2 is 1.81 bits per heavy atom. The molecule has 4 nitrogen and oxygen atoms in total. The minimum absolute atomic E-state index is 0.00248. The Bertz CT molecular complexity index is 466. The van der Waals surface area contributed by atoms with E-state index >= 15 is 0 Å². The minimum atomic E-state index is -0.949. The van der Waals surface area contributed by atoms with Crippen LogP contribution in [0.2, 0.25) is 0 Å². The monoisotopic (exact) mass is 289 g/mol.